The van der Waals surface area contributed by atoms with Gasteiger partial charge >= 0.3 is 0 Å². The smallest absolute Gasteiger partial charge is 0.270 e. The van der Waals surface area contributed by atoms with E-state index in [9.17, 15) is 9.59 Å². The second-order valence-corrected chi connectivity index (χ2v) is 8.39. The minimum Gasteiger partial charge on any atom is -0.345 e. The fraction of sp³-hybridized carbons (Fsp3) is 0.684. The van der Waals surface area contributed by atoms with Crippen LogP contribution in [0.25, 0.3) is 0 Å². The molecule has 2 saturated heterocycles. The molecule has 25 heavy (non-hydrogen) atoms. The number of likely N-dealkylation sites (tertiary alicyclic amines) is 2. The number of halogens is 1. The number of amides is 2. The van der Waals surface area contributed by atoms with Crippen molar-refractivity contribution in [1.29, 1.82) is 0 Å². The Morgan fingerprint density at radius 3 is 2.64 bits per heavy atom. The lowest BCUT2D eigenvalue weighted by Crippen LogP contribution is -2.53. The molecule has 1 atom stereocenters. The van der Waals surface area contributed by atoms with E-state index in [-0.39, 0.29) is 11.3 Å². The lowest BCUT2D eigenvalue weighted by Gasteiger charge is -2.42. The minimum atomic E-state index is -0.356. The van der Waals surface area contributed by atoms with E-state index in [1.165, 1.54) is 12.8 Å². The van der Waals surface area contributed by atoms with Gasteiger partial charge in [0.2, 0.25) is 5.91 Å². The maximum absolute atomic E-state index is 13.3. The number of nitrogens with zero attached hydrogens (tertiary/aromatic N) is 3. The highest BCUT2D eigenvalue weighted by atomic mass is 35.5. The van der Waals surface area contributed by atoms with E-state index in [1.807, 2.05) is 11.9 Å². The second kappa shape index (κ2) is 6.35. The lowest BCUT2D eigenvalue weighted by molar-refractivity contribution is -0.148. The number of aryl methyl sites for hydroxylation is 1. The number of rotatable bonds is 2. The van der Waals surface area contributed by atoms with Crippen LogP contribution in [0.1, 0.15) is 55.4 Å². The Morgan fingerprint density at radius 1 is 1.20 bits per heavy atom. The van der Waals surface area contributed by atoms with E-state index in [1.54, 1.807) is 16.8 Å². The molecule has 2 aliphatic heterocycles. The molecule has 136 valence electrons. The number of piperidine rings is 1. The molecule has 0 unspecified atom stereocenters. The zero-order chi connectivity index (χ0) is 17.6. The SMILES string of the molecule is Cn1cc(Cl)cc1C(=O)N1CC[C@]2(CCCN(C3CCCC3)C2=O)C1. The highest BCUT2D eigenvalue weighted by Gasteiger charge is 2.50. The van der Waals surface area contributed by atoms with Gasteiger partial charge in [0.25, 0.3) is 5.91 Å². The van der Waals surface area contributed by atoms with Crippen LogP contribution in [-0.2, 0) is 11.8 Å². The van der Waals surface area contributed by atoms with Gasteiger partial charge in [-0.15, -0.1) is 0 Å². The molecule has 4 rings (SSSR count). The van der Waals surface area contributed by atoms with Gasteiger partial charge in [0.15, 0.2) is 0 Å². The molecule has 1 aliphatic carbocycles. The standard InChI is InChI=1S/C19H26ClN3O2/c1-21-12-14(20)11-16(21)17(24)22-10-8-19(13-22)7-4-9-23(18(19)25)15-5-2-3-6-15/h11-12,15H,2-10,13H2,1H3/t19-/m1/s1. The third kappa shape index (κ3) is 2.86. The van der Waals surface area contributed by atoms with Gasteiger partial charge in [-0.1, -0.05) is 24.4 Å². The fourth-order valence-corrected chi connectivity index (χ4v) is 5.24. The van der Waals surface area contributed by atoms with Gasteiger partial charge in [-0.05, 0) is 38.2 Å². The van der Waals surface area contributed by atoms with Gasteiger partial charge in [-0.2, -0.15) is 0 Å². The summed E-state index contributed by atoms with van der Waals surface area (Å²) in [7, 11) is 1.83. The first-order valence-electron chi connectivity index (χ1n) is 9.42. The molecule has 0 aromatic carbocycles. The summed E-state index contributed by atoms with van der Waals surface area (Å²) in [5, 5.41) is 0.570. The van der Waals surface area contributed by atoms with Gasteiger partial charge in [0.05, 0.1) is 10.4 Å². The van der Waals surface area contributed by atoms with Crippen molar-refractivity contribution >= 4 is 23.4 Å². The summed E-state index contributed by atoms with van der Waals surface area (Å²) in [4.78, 5) is 30.1. The maximum atomic E-state index is 13.3. The summed E-state index contributed by atoms with van der Waals surface area (Å²) in [6, 6.07) is 2.14. The second-order valence-electron chi connectivity index (χ2n) is 7.95. The molecule has 0 N–H and O–H groups in total. The molecule has 1 saturated carbocycles. The van der Waals surface area contributed by atoms with Crippen molar-refractivity contribution in [2.75, 3.05) is 19.6 Å². The number of carbonyl (C=O) groups is 2. The molecule has 3 aliphatic rings. The average molecular weight is 364 g/mol. The molecule has 0 bridgehead atoms. The van der Waals surface area contributed by atoms with E-state index in [0.717, 1.165) is 38.6 Å². The van der Waals surface area contributed by atoms with Crippen molar-refractivity contribution in [3.8, 4) is 0 Å². The summed E-state index contributed by atoms with van der Waals surface area (Å²) >= 11 is 6.02. The first-order valence-corrected chi connectivity index (χ1v) is 9.80. The molecular formula is C19H26ClN3O2. The van der Waals surface area contributed by atoms with Crippen molar-refractivity contribution in [1.82, 2.24) is 14.4 Å². The monoisotopic (exact) mass is 363 g/mol. The van der Waals surface area contributed by atoms with Crippen LogP contribution in [0.15, 0.2) is 12.3 Å². The third-order valence-corrected chi connectivity index (χ3v) is 6.57. The van der Waals surface area contributed by atoms with Crippen molar-refractivity contribution < 1.29 is 9.59 Å². The Balaban J connectivity index is 1.51. The summed E-state index contributed by atoms with van der Waals surface area (Å²) < 4.78 is 1.77. The summed E-state index contributed by atoms with van der Waals surface area (Å²) in [5.74, 6) is 0.280. The molecule has 3 fully saturated rings. The number of hydrogen-bond acceptors (Lipinski definition) is 2. The molecule has 6 heteroatoms. The van der Waals surface area contributed by atoms with Crippen molar-refractivity contribution in [3.05, 3.63) is 23.0 Å². The number of hydrogen-bond donors (Lipinski definition) is 0. The van der Waals surface area contributed by atoms with E-state index < -0.39 is 0 Å². The molecule has 1 aromatic rings. The average Bonchev–Trinajstić information content (AvgIpc) is 3.31. The predicted octanol–water partition coefficient (Wildman–Crippen LogP) is 3.08. The van der Waals surface area contributed by atoms with Crippen LogP contribution in [0.5, 0.6) is 0 Å². The van der Waals surface area contributed by atoms with E-state index >= 15 is 0 Å². The van der Waals surface area contributed by atoms with Gasteiger partial charge in [-0.25, -0.2) is 0 Å². The first kappa shape index (κ1) is 17.0. The van der Waals surface area contributed by atoms with E-state index in [4.69, 9.17) is 11.6 Å². The minimum absolute atomic E-state index is 0.0166. The Hall–Kier alpha value is -1.49. The highest BCUT2D eigenvalue weighted by molar-refractivity contribution is 6.31. The highest BCUT2D eigenvalue weighted by Crippen LogP contribution is 2.42. The Bertz CT molecular complexity index is 695. The van der Waals surface area contributed by atoms with Gasteiger partial charge < -0.3 is 14.4 Å². The van der Waals surface area contributed by atoms with Crippen LogP contribution in [-0.4, -0.2) is 51.9 Å². The van der Waals surface area contributed by atoms with Crippen molar-refractivity contribution in [3.63, 3.8) is 0 Å². The van der Waals surface area contributed by atoms with Crippen LogP contribution in [0, 0.1) is 5.41 Å². The molecule has 3 heterocycles. The predicted molar refractivity (Wildman–Crippen MR) is 96.6 cm³/mol. The van der Waals surface area contributed by atoms with E-state index in [0.29, 0.717) is 35.8 Å². The quantitative estimate of drug-likeness (QED) is 0.810. The summed E-state index contributed by atoms with van der Waals surface area (Å²) in [6.45, 7) is 2.11. The molecular weight excluding hydrogens is 338 g/mol. The van der Waals surface area contributed by atoms with Crippen LogP contribution in [0.2, 0.25) is 5.02 Å². The Morgan fingerprint density at radius 2 is 1.96 bits per heavy atom. The zero-order valence-corrected chi connectivity index (χ0v) is 15.6. The van der Waals surface area contributed by atoms with Gasteiger partial charge in [0.1, 0.15) is 5.69 Å². The molecule has 2 amide bonds. The van der Waals surface area contributed by atoms with Gasteiger partial charge in [0, 0.05) is 38.9 Å². The van der Waals surface area contributed by atoms with Crippen LogP contribution < -0.4 is 0 Å². The van der Waals surface area contributed by atoms with Gasteiger partial charge in [-0.3, -0.25) is 9.59 Å². The van der Waals surface area contributed by atoms with Crippen LogP contribution in [0.3, 0.4) is 0 Å². The Labute approximate surface area is 153 Å². The van der Waals surface area contributed by atoms with Crippen molar-refractivity contribution in [2.45, 2.75) is 51.0 Å². The molecule has 1 aromatic heterocycles. The third-order valence-electron chi connectivity index (χ3n) is 6.37. The Kier molecular flexibility index (Phi) is 4.30. The molecule has 1 spiro atoms. The first-order chi connectivity index (χ1) is 12.0. The summed E-state index contributed by atoms with van der Waals surface area (Å²) in [5.41, 5.74) is 0.240. The normalized spacial score (nSPS) is 27.7. The molecule has 0 radical (unpaired) electrons. The maximum Gasteiger partial charge on any atom is 0.270 e. The fourth-order valence-electron chi connectivity index (χ4n) is 4.99. The van der Waals surface area contributed by atoms with Crippen LogP contribution in [0.4, 0.5) is 0 Å². The van der Waals surface area contributed by atoms with Crippen molar-refractivity contribution in [2.24, 2.45) is 12.5 Å². The topological polar surface area (TPSA) is 45.6 Å². The zero-order valence-electron chi connectivity index (χ0n) is 14.8. The molecule has 5 nitrogen and oxygen atoms in total. The lowest BCUT2D eigenvalue weighted by atomic mass is 9.77. The number of aromatic nitrogens is 1. The van der Waals surface area contributed by atoms with Crippen LogP contribution >= 0.6 is 11.6 Å². The van der Waals surface area contributed by atoms with E-state index in [2.05, 4.69) is 4.90 Å². The number of carbonyl (C=O) groups excluding carboxylic acids is 2. The largest absolute Gasteiger partial charge is 0.345 e. The summed E-state index contributed by atoms with van der Waals surface area (Å²) in [6.07, 6.45) is 9.26.